The van der Waals surface area contributed by atoms with Gasteiger partial charge in [0.25, 0.3) is 0 Å². The van der Waals surface area contributed by atoms with Crippen LogP contribution in [-0.4, -0.2) is 23.7 Å². The van der Waals surface area contributed by atoms with Crippen LogP contribution in [-0.2, 0) is 14.3 Å². The number of carbonyl (C=O) groups is 2. The summed E-state index contributed by atoms with van der Waals surface area (Å²) in [4.78, 5) is 21.9. The lowest BCUT2D eigenvalue weighted by Crippen LogP contribution is -2.10. The largest absolute Gasteiger partial charge is 0.478 e. The van der Waals surface area contributed by atoms with E-state index in [0.29, 0.717) is 6.61 Å². The zero-order chi connectivity index (χ0) is 20.2. The molecule has 0 saturated heterocycles. The average Bonchev–Trinajstić information content (AvgIpc) is 2.64. The molecule has 4 nitrogen and oxygen atoms in total. The van der Waals surface area contributed by atoms with Gasteiger partial charge in [-0.3, -0.25) is 4.79 Å². The molecular weight excluding hydrogens is 340 g/mol. The van der Waals surface area contributed by atoms with Crippen LogP contribution in [0.1, 0.15) is 103 Å². The molecule has 0 aliphatic rings. The molecule has 0 fully saturated rings. The van der Waals surface area contributed by atoms with Crippen molar-refractivity contribution in [2.75, 3.05) is 6.61 Å². The van der Waals surface area contributed by atoms with Crippen LogP contribution in [0.25, 0.3) is 0 Å². The van der Waals surface area contributed by atoms with Crippen LogP contribution in [0.3, 0.4) is 0 Å². The minimum atomic E-state index is -1.15. The van der Waals surface area contributed by atoms with Gasteiger partial charge in [-0.2, -0.15) is 0 Å². The van der Waals surface area contributed by atoms with Crippen LogP contribution in [0, 0.1) is 0 Å². The van der Waals surface area contributed by atoms with Crippen LogP contribution >= 0.6 is 0 Å². The highest BCUT2D eigenvalue weighted by atomic mass is 16.5. The second-order valence-electron chi connectivity index (χ2n) is 7.24. The van der Waals surface area contributed by atoms with Crippen molar-refractivity contribution < 1.29 is 19.4 Å². The third-order valence-electron chi connectivity index (χ3n) is 4.58. The zero-order valence-electron chi connectivity index (χ0n) is 17.3. The molecule has 0 spiro atoms. The number of carboxylic acid groups (broad SMARTS) is 1. The van der Waals surface area contributed by atoms with Gasteiger partial charge in [-0.05, 0) is 32.1 Å². The molecule has 0 radical (unpaired) electrons. The number of ether oxygens (including phenoxy) is 1. The molecule has 0 saturated carbocycles. The van der Waals surface area contributed by atoms with Gasteiger partial charge in [0.1, 0.15) is 0 Å². The molecule has 0 atom stereocenters. The molecule has 0 bridgehead atoms. The van der Waals surface area contributed by atoms with E-state index in [-0.39, 0.29) is 12.0 Å². The Bertz CT molecular complexity index is 426. The van der Waals surface area contributed by atoms with Crippen molar-refractivity contribution >= 4 is 11.9 Å². The quantitative estimate of drug-likeness (QED) is 0.119. The summed E-state index contributed by atoms with van der Waals surface area (Å²) in [5.41, 5.74) is -0.124. The van der Waals surface area contributed by atoms with Gasteiger partial charge in [-0.25, -0.2) is 4.79 Å². The second-order valence-corrected chi connectivity index (χ2v) is 7.24. The monoisotopic (exact) mass is 380 g/mol. The summed E-state index contributed by atoms with van der Waals surface area (Å²) in [6, 6.07) is 0. The Morgan fingerprint density at radius 2 is 1.30 bits per heavy atom. The van der Waals surface area contributed by atoms with Gasteiger partial charge in [0.05, 0.1) is 13.0 Å². The van der Waals surface area contributed by atoms with Crippen LogP contribution in [0.2, 0.25) is 0 Å². The number of hydrogen-bond acceptors (Lipinski definition) is 3. The molecule has 0 aliphatic heterocycles. The fraction of sp³-hybridized carbons (Fsp3) is 0.739. The van der Waals surface area contributed by atoms with E-state index in [0.717, 1.165) is 19.3 Å². The van der Waals surface area contributed by atoms with Gasteiger partial charge in [-0.1, -0.05) is 83.4 Å². The molecule has 1 N–H and O–H groups in total. The molecule has 0 aromatic carbocycles. The number of esters is 1. The number of carbonyl (C=O) groups excluding carboxylic acids is 1. The Kier molecular flexibility index (Phi) is 18.1. The highest BCUT2D eigenvalue weighted by molar-refractivity contribution is 5.91. The predicted octanol–water partition coefficient (Wildman–Crippen LogP) is 6.60. The molecule has 0 heterocycles. The summed E-state index contributed by atoms with van der Waals surface area (Å²) < 4.78 is 5.01. The van der Waals surface area contributed by atoms with E-state index in [1.807, 2.05) is 0 Å². The first-order valence-electron chi connectivity index (χ1n) is 10.8. The van der Waals surface area contributed by atoms with E-state index < -0.39 is 11.9 Å². The lowest BCUT2D eigenvalue weighted by atomic mass is 10.1. The van der Waals surface area contributed by atoms with E-state index >= 15 is 0 Å². The van der Waals surface area contributed by atoms with Crippen molar-refractivity contribution in [2.24, 2.45) is 0 Å². The normalized spacial score (nSPS) is 11.0. The Morgan fingerprint density at radius 1 is 0.815 bits per heavy atom. The van der Waals surface area contributed by atoms with Gasteiger partial charge in [-0.15, -0.1) is 0 Å². The van der Waals surface area contributed by atoms with Crippen LogP contribution in [0.5, 0.6) is 0 Å². The Hall–Kier alpha value is -1.58. The predicted molar refractivity (Wildman–Crippen MR) is 112 cm³/mol. The maximum absolute atomic E-state index is 11.4. The van der Waals surface area contributed by atoms with Crippen molar-refractivity contribution in [3.63, 3.8) is 0 Å². The Morgan fingerprint density at radius 3 is 1.81 bits per heavy atom. The maximum Gasteiger partial charge on any atom is 0.331 e. The summed E-state index contributed by atoms with van der Waals surface area (Å²) in [6.07, 6.45) is 21.8. The number of rotatable bonds is 19. The molecule has 27 heavy (non-hydrogen) atoms. The van der Waals surface area contributed by atoms with E-state index in [4.69, 9.17) is 9.84 Å². The number of hydrogen-bond donors (Lipinski definition) is 1. The van der Waals surface area contributed by atoms with Crippen molar-refractivity contribution in [1.29, 1.82) is 0 Å². The maximum atomic E-state index is 11.4. The van der Waals surface area contributed by atoms with Crippen molar-refractivity contribution in [3.05, 3.63) is 24.3 Å². The SMILES string of the molecule is C=C(CC(=O)OCCCCCCCC/C=C/CCCCCCCC)C(=O)O. The van der Waals surface area contributed by atoms with Gasteiger partial charge < -0.3 is 9.84 Å². The van der Waals surface area contributed by atoms with Crippen LogP contribution in [0.15, 0.2) is 24.3 Å². The highest BCUT2D eigenvalue weighted by Gasteiger charge is 2.10. The zero-order valence-corrected chi connectivity index (χ0v) is 17.3. The van der Waals surface area contributed by atoms with E-state index in [2.05, 4.69) is 25.7 Å². The summed E-state index contributed by atoms with van der Waals surface area (Å²) >= 11 is 0. The van der Waals surface area contributed by atoms with E-state index in [1.165, 1.54) is 70.6 Å². The number of allylic oxidation sites excluding steroid dienone is 2. The lowest BCUT2D eigenvalue weighted by molar-refractivity contribution is -0.144. The molecule has 0 unspecified atom stereocenters. The minimum absolute atomic E-state index is 0.124. The van der Waals surface area contributed by atoms with Crippen molar-refractivity contribution in [2.45, 2.75) is 103 Å². The van der Waals surface area contributed by atoms with E-state index in [9.17, 15) is 9.59 Å². The van der Waals surface area contributed by atoms with Crippen LogP contribution in [0.4, 0.5) is 0 Å². The first-order valence-corrected chi connectivity index (χ1v) is 10.8. The fourth-order valence-electron chi connectivity index (χ4n) is 2.84. The second kappa shape index (κ2) is 19.2. The third kappa shape index (κ3) is 19.0. The summed E-state index contributed by atoms with van der Waals surface area (Å²) in [5.74, 6) is -1.65. The summed E-state index contributed by atoms with van der Waals surface area (Å²) in [5, 5.41) is 8.64. The number of unbranched alkanes of at least 4 members (excludes halogenated alkanes) is 12. The minimum Gasteiger partial charge on any atom is -0.478 e. The van der Waals surface area contributed by atoms with Gasteiger partial charge in [0.15, 0.2) is 0 Å². The van der Waals surface area contributed by atoms with E-state index in [1.54, 1.807) is 0 Å². The van der Waals surface area contributed by atoms with Crippen LogP contribution < -0.4 is 0 Å². The average molecular weight is 381 g/mol. The van der Waals surface area contributed by atoms with Gasteiger partial charge in [0, 0.05) is 5.57 Å². The van der Waals surface area contributed by atoms with Crippen molar-refractivity contribution in [1.82, 2.24) is 0 Å². The topological polar surface area (TPSA) is 63.6 Å². The highest BCUT2D eigenvalue weighted by Crippen LogP contribution is 2.10. The Labute approximate surface area is 166 Å². The molecule has 0 aromatic rings. The molecule has 0 aromatic heterocycles. The first-order chi connectivity index (χ1) is 13.1. The Balaban J connectivity index is 3.27. The molecule has 156 valence electrons. The number of aliphatic carboxylic acids is 1. The van der Waals surface area contributed by atoms with Gasteiger partial charge in [0.2, 0.25) is 0 Å². The fourth-order valence-corrected chi connectivity index (χ4v) is 2.84. The molecule has 0 aliphatic carbocycles. The smallest absolute Gasteiger partial charge is 0.331 e. The summed E-state index contributed by atoms with van der Waals surface area (Å²) in [7, 11) is 0. The third-order valence-corrected chi connectivity index (χ3v) is 4.58. The summed E-state index contributed by atoms with van der Waals surface area (Å²) in [6.45, 7) is 5.94. The molecule has 0 amide bonds. The number of carboxylic acids is 1. The first kappa shape index (κ1) is 25.4. The lowest BCUT2D eigenvalue weighted by Gasteiger charge is -2.05. The molecule has 4 heteroatoms. The molecule has 0 rings (SSSR count). The van der Waals surface area contributed by atoms with Crippen molar-refractivity contribution in [3.8, 4) is 0 Å². The molecular formula is C23H40O4. The van der Waals surface area contributed by atoms with Gasteiger partial charge >= 0.3 is 11.9 Å². The standard InChI is InChI=1S/C23H40O4/c1-3-4-5-6-7-8-9-10-11-12-13-14-15-16-17-18-19-27-22(24)20-21(2)23(25)26/h10-11H,2-9,12-20H2,1H3,(H,25,26)/b11-10+.